The van der Waals surface area contributed by atoms with Crippen molar-refractivity contribution >= 4 is 17.5 Å². The maximum Gasteiger partial charge on any atom is 0.249 e. The van der Waals surface area contributed by atoms with Crippen molar-refractivity contribution < 1.29 is 0 Å². The summed E-state index contributed by atoms with van der Waals surface area (Å²) in [6, 6.07) is 6.22. The first-order valence-corrected chi connectivity index (χ1v) is 7.52. The van der Waals surface area contributed by atoms with Crippen LogP contribution in [-0.4, -0.2) is 28.3 Å². The Kier molecular flexibility index (Phi) is 3.99. The fraction of sp³-hybridized carbons (Fsp3) is 0.438. The van der Waals surface area contributed by atoms with Gasteiger partial charge in [-0.3, -0.25) is 0 Å². The van der Waals surface area contributed by atoms with Crippen molar-refractivity contribution in [3.63, 3.8) is 0 Å². The number of aromatic nitrogens is 3. The quantitative estimate of drug-likeness (QED) is 0.937. The van der Waals surface area contributed by atoms with E-state index in [4.69, 9.17) is 0 Å². The molecule has 1 fully saturated rings. The third kappa shape index (κ3) is 3.12. The zero-order valence-corrected chi connectivity index (χ0v) is 12.6. The lowest BCUT2D eigenvalue weighted by molar-refractivity contribution is 0.572. The first-order chi connectivity index (χ1) is 10.2. The first-order valence-electron chi connectivity index (χ1n) is 7.52. The van der Waals surface area contributed by atoms with Crippen molar-refractivity contribution in [1.29, 1.82) is 0 Å². The molecule has 0 atom stereocenters. The zero-order chi connectivity index (χ0) is 14.7. The van der Waals surface area contributed by atoms with Gasteiger partial charge in [0, 0.05) is 18.8 Å². The molecule has 0 radical (unpaired) electrons. The molecule has 21 heavy (non-hydrogen) atoms. The second-order valence-corrected chi connectivity index (χ2v) is 5.58. The maximum absolute atomic E-state index is 4.62. The van der Waals surface area contributed by atoms with E-state index < -0.39 is 0 Å². The van der Waals surface area contributed by atoms with Gasteiger partial charge in [0.1, 0.15) is 0 Å². The number of nitrogens with one attached hydrogen (secondary N) is 1. The molecular formula is C16H21N5. The monoisotopic (exact) mass is 283 g/mol. The van der Waals surface area contributed by atoms with Gasteiger partial charge in [0.2, 0.25) is 5.95 Å². The van der Waals surface area contributed by atoms with Gasteiger partial charge in [-0.05, 0) is 44.2 Å². The molecular weight excluding hydrogens is 262 g/mol. The Balaban J connectivity index is 1.83. The summed E-state index contributed by atoms with van der Waals surface area (Å²) >= 11 is 0. The fourth-order valence-electron chi connectivity index (χ4n) is 2.75. The molecule has 110 valence electrons. The number of benzene rings is 1. The fourth-order valence-corrected chi connectivity index (χ4v) is 2.75. The van der Waals surface area contributed by atoms with E-state index in [1.165, 1.54) is 30.4 Å². The number of hydrogen-bond donors (Lipinski definition) is 1. The summed E-state index contributed by atoms with van der Waals surface area (Å²) in [6.07, 6.45) is 5.51. The van der Waals surface area contributed by atoms with Crippen LogP contribution in [0, 0.1) is 13.8 Å². The van der Waals surface area contributed by atoms with Crippen LogP contribution in [0.5, 0.6) is 0 Å². The number of piperidine rings is 1. The van der Waals surface area contributed by atoms with E-state index in [-0.39, 0.29) is 0 Å². The highest BCUT2D eigenvalue weighted by molar-refractivity contribution is 5.63. The smallest absolute Gasteiger partial charge is 0.249 e. The number of anilines is 3. The van der Waals surface area contributed by atoms with Crippen molar-refractivity contribution in [3.05, 3.63) is 35.5 Å². The summed E-state index contributed by atoms with van der Waals surface area (Å²) in [5.74, 6) is 1.48. The van der Waals surface area contributed by atoms with Gasteiger partial charge in [0.25, 0.3) is 0 Å². The molecule has 1 aromatic heterocycles. The summed E-state index contributed by atoms with van der Waals surface area (Å²) in [5, 5.41) is 11.5. The molecule has 2 aromatic rings. The van der Waals surface area contributed by atoms with E-state index in [0.717, 1.165) is 24.6 Å². The van der Waals surface area contributed by atoms with Crippen molar-refractivity contribution in [2.45, 2.75) is 33.1 Å². The molecule has 1 saturated heterocycles. The second kappa shape index (κ2) is 6.08. The van der Waals surface area contributed by atoms with Gasteiger partial charge in [-0.15, -0.1) is 5.10 Å². The molecule has 3 rings (SSSR count). The van der Waals surface area contributed by atoms with E-state index in [0.29, 0.717) is 5.95 Å². The van der Waals surface area contributed by atoms with Crippen LogP contribution in [0.15, 0.2) is 24.4 Å². The van der Waals surface area contributed by atoms with Crippen molar-refractivity contribution in [2.75, 3.05) is 23.3 Å². The third-order valence-electron chi connectivity index (χ3n) is 3.94. The second-order valence-electron chi connectivity index (χ2n) is 5.58. The molecule has 5 heteroatoms. The number of hydrogen-bond acceptors (Lipinski definition) is 5. The van der Waals surface area contributed by atoms with Crippen LogP contribution < -0.4 is 10.2 Å². The molecule has 1 aliphatic heterocycles. The van der Waals surface area contributed by atoms with Crippen LogP contribution in [0.4, 0.5) is 17.5 Å². The average molecular weight is 283 g/mol. The molecule has 0 saturated carbocycles. The van der Waals surface area contributed by atoms with Gasteiger partial charge in [0.05, 0.1) is 6.20 Å². The summed E-state index contributed by atoms with van der Waals surface area (Å²) < 4.78 is 0. The average Bonchev–Trinajstić information content (AvgIpc) is 2.52. The molecule has 2 heterocycles. The number of nitrogens with zero attached hydrogens (tertiary/aromatic N) is 4. The Morgan fingerprint density at radius 3 is 2.48 bits per heavy atom. The number of rotatable bonds is 3. The van der Waals surface area contributed by atoms with E-state index in [2.05, 4.69) is 57.4 Å². The largest absolute Gasteiger partial charge is 0.355 e. The van der Waals surface area contributed by atoms with Crippen molar-refractivity contribution in [2.24, 2.45) is 0 Å². The van der Waals surface area contributed by atoms with Gasteiger partial charge in [-0.25, -0.2) is 0 Å². The Morgan fingerprint density at radius 2 is 1.76 bits per heavy atom. The highest BCUT2D eigenvalue weighted by Crippen LogP contribution is 2.23. The van der Waals surface area contributed by atoms with Crippen molar-refractivity contribution in [1.82, 2.24) is 15.2 Å². The standard InChI is InChI=1S/C16H21N5/c1-12-7-6-8-13(2)15(12)19-16-18-14(11-17-20-16)21-9-4-3-5-10-21/h6-8,11H,3-5,9-10H2,1-2H3,(H,18,19,20). The molecule has 0 bridgehead atoms. The van der Waals surface area contributed by atoms with Crippen LogP contribution >= 0.6 is 0 Å². The molecule has 1 N–H and O–H groups in total. The van der Waals surface area contributed by atoms with Gasteiger partial charge in [-0.1, -0.05) is 18.2 Å². The molecule has 0 unspecified atom stereocenters. The van der Waals surface area contributed by atoms with E-state index in [1.54, 1.807) is 6.20 Å². The van der Waals surface area contributed by atoms with Crippen LogP contribution in [-0.2, 0) is 0 Å². The van der Waals surface area contributed by atoms with Crippen LogP contribution in [0.25, 0.3) is 0 Å². The normalized spacial score (nSPS) is 15.0. The van der Waals surface area contributed by atoms with Gasteiger partial charge in [-0.2, -0.15) is 10.1 Å². The lowest BCUT2D eigenvalue weighted by atomic mass is 10.1. The number of para-hydroxylation sites is 1. The predicted molar refractivity (Wildman–Crippen MR) is 85.1 cm³/mol. The van der Waals surface area contributed by atoms with Crippen LogP contribution in [0.1, 0.15) is 30.4 Å². The zero-order valence-electron chi connectivity index (χ0n) is 12.6. The summed E-state index contributed by atoms with van der Waals surface area (Å²) in [7, 11) is 0. The Morgan fingerprint density at radius 1 is 1.05 bits per heavy atom. The minimum absolute atomic E-state index is 0.565. The maximum atomic E-state index is 4.62. The summed E-state index contributed by atoms with van der Waals surface area (Å²) in [4.78, 5) is 6.90. The van der Waals surface area contributed by atoms with Gasteiger partial charge < -0.3 is 10.2 Å². The number of aryl methyl sites for hydroxylation is 2. The van der Waals surface area contributed by atoms with E-state index in [9.17, 15) is 0 Å². The molecule has 5 nitrogen and oxygen atoms in total. The summed E-state index contributed by atoms with van der Waals surface area (Å²) in [5.41, 5.74) is 3.43. The molecule has 1 aliphatic rings. The summed E-state index contributed by atoms with van der Waals surface area (Å²) in [6.45, 7) is 6.28. The van der Waals surface area contributed by atoms with Gasteiger partial charge >= 0.3 is 0 Å². The topological polar surface area (TPSA) is 53.9 Å². The molecule has 1 aromatic carbocycles. The van der Waals surface area contributed by atoms with Gasteiger partial charge in [0.15, 0.2) is 5.82 Å². The highest BCUT2D eigenvalue weighted by Gasteiger charge is 2.14. The Labute approximate surface area is 125 Å². The lowest BCUT2D eigenvalue weighted by Crippen LogP contribution is -2.30. The third-order valence-corrected chi connectivity index (χ3v) is 3.94. The minimum atomic E-state index is 0.565. The van der Waals surface area contributed by atoms with Crippen LogP contribution in [0.2, 0.25) is 0 Å². The predicted octanol–water partition coefficient (Wildman–Crippen LogP) is 3.22. The highest BCUT2D eigenvalue weighted by atomic mass is 15.3. The molecule has 0 amide bonds. The van der Waals surface area contributed by atoms with E-state index in [1.807, 2.05) is 0 Å². The van der Waals surface area contributed by atoms with E-state index >= 15 is 0 Å². The molecule has 0 aliphatic carbocycles. The minimum Gasteiger partial charge on any atom is -0.355 e. The Bertz CT molecular complexity index is 600. The van der Waals surface area contributed by atoms with Crippen LogP contribution in [0.3, 0.4) is 0 Å². The Hall–Kier alpha value is -2.17. The SMILES string of the molecule is Cc1cccc(C)c1Nc1nncc(N2CCCCC2)n1. The van der Waals surface area contributed by atoms with Crippen molar-refractivity contribution in [3.8, 4) is 0 Å². The molecule has 0 spiro atoms. The first kappa shape index (κ1) is 13.8. The lowest BCUT2D eigenvalue weighted by Gasteiger charge is -2.27.